The number of carbonyl (C=O) groups excluding carboxylic acids is 1. The maximum absolute atomic E-state index is 11.7. The number of fused-ring (bicyclic) bond motifs is 1. The minimum absolute atomic E-state index is 0.0627. The summed E-state index contributed by atoms with van der Waals surface area (Å²) in [6.45, 7) is 2.09. The summed E-state index contributed by atoms with van der Waals surface area (Å²) in [7, 11) is 0. The van der Waals surface area contributed by atoms with Crippen molar-refractivity contribution >= 4 is 11.6 Å². The number of benzene rings is 2. The number of anilines is 1. The molecular weight excluding hydrogens is 272 g/mol. The average Bonchev–Trinajstić information content (AvgIpc) is 2.53. The van der Waals surface area contributed by atoms with Crippen molar-refractivity contribution in [3.8, 4) is 0 Å². The van der Waals surface area contributed by atoms with Gasteiger partial charge in [-0.3, -0.25) is 4.79 Å². The normalized spacial score (nSPS) is 15.1. The molecular formula is C19H22N2O. The van der Waals surface area contributed by atoms with Gasteiger partial charge in [0.2, 0.25) is 5.91 Å². The van der Waals surface area contributed by atoms with Gasteiger partial charge in [-0.25, -0.2) is 0 Å². The van der Waals surface area contributed by atoms with Crippen LogP contribution in [0.25, 0.3) is 0 Å². The molecule has 114 valence electrons. The van der Waals surface area contributed by atoms with Crippen LogP contribution in [0.5, 0.6) is 0 Å². The second-order valence-electron chi connectivity index (χ2n) is 6.07. The lowest BCUT2D eigenvalue weighted by atomic mass is 9.91. The van der Waals surface area contributed by atoms with Gasteiger partial charge >= 0.3 is 0 Å². The van der Waals surface area contributed by atoms with E-state index in [-0.39, 0.29) is 11.9 Å². The van der Waals surface area contributed by atoms with Gasteiger partial charge in [-0.2, -0.15) is 0 Å². The fourth-order valence-corrected chi connectivity index (χ4v) is 3.11. The van der Waals surface area contributed by atoms with Gasteiger partial charge in [0, 0.05) is 18.2 Å². The molecule has 0 saturated heterocycles. The zero-order valence-electron chi connectivity index (χ0n) is 12.9. The van der Waals surface area contributed by atoms with Crippen molar-refractivity contribution in [3.05, 3.63) is 64.7 Å². The van der Waals surface area contributed by atoms with E-state index in [9.17, 15) is 4.79 Å². The third kappa shape index (κ3) is 3.20. The average molecular weight is 294 g/mol. The number of nitrogens with two attached hydrogens (primary N) is 1. The minimum atomic E-state index is -0.0627. The zero-order valence-corrected chi connectivity index (χ0v) is 12.9. The SMILES string of the molecule is Cc1cc2c(c(C(N)CCc3ccccc3)c1)NC(=O)CC2. The number of carbonyl (C=O) groups is 1. The number of amides is 1. The van der Waals surface area contributed by atoms with Crippen LogP contribution in [0.15, 0.2) is 42.5 Å². The van der Waals surface area contributed by atoms with Crippen molar-refractivity contribution in [2.24, 2.45) is 5.73 Å². The largest absolute Gasteiger partial charge is 0.326 e. The van der Waals surface area contributed by atoms with Crippen LogP contribution in [0.4, 0.5) is 5.69 Å². The Morgan fingerprint density at radius 1 is 1.18 bits per heavy atom. The molecule has 22 heavy (non-hydrogen) atoms. The van der Waals surface area contributed by atoms with E-state index in [1.165, 1.54) is 16.7 Å². The highest BCUT2D eigenvalue weighted by molar-refractivity contribution is 5.95. The standard InChI is InChI=1S/C19H22N2O/c1-13-11-15-8-10-18(22)21-19(15)16(12-13)17(20)9-7-14-5-3-2-4-6-14/h2-6,11-12,17H,7-10,20H2,1H3,(H,21,22). The third-order valence-corrected chi connectivity index (χ3v) is 4.27. The molecule has 3 N–H and O–H groups in total. The van der Waals surface area contributed by atoms with E-state index < -0.39 is 0 Å². The number of rotatable bonds is 4. The molecule has 1 aliphatic heterocycles. The van der Waals surface area contributed by atoms with Crippen LogP contribution >= 0.6 is 0 Å². The molecule has 0 fully saturated rings. The summed E-state index contributed by atoms with van der Waals surface area (Å²) >= 11 is 0. The molecule has 0 saturated carbocycles. The quantitative estimate of drug-likeness (QED) is 0.906. The second kappa shape index (κ2) is 6.32. The summed E-state index contributed by atoms with van der Waals surface area (Å²) in [5.41, 5.74) is 12.2. The summed E-state index contributed by atoms with van der Waals surface area (Å²) in [5.74, 6) is 0.0906. The Morgan fingerprint density at radius 2 is 1.95 bits per heavy atom. The first-order valence-electron chi connectivity index (χ1n) is 7.86. The second-order valence-corrected chi connectivity index (χ2v) is 6.07. The molecule has 1 amide bonds. The zero-order chi connectivity index (χ0) is 15.5. The van der Waals surface area contributed by atoms with Crippen LogP contribution in [-0.4, -0.2) is 5.91 Å². The van der Waals surface area contributed by atoms with Gasteiger partial charge in [0.1, 0.15) is 0 Å². The molecule has 1 unspecified atom stereocenters. The smallest absolute Gasteiger partial charge is 0.224 e. The molecule has 0 bridgehead atoms. The van der Waals surface area contributed by atoms with Crippen LogP contribution in [0.2, 0.25) is 0 Å². The maximum Gasteiger partial charge on any atom is 0.224 e. The van der Waals surface area contributed by atoms with Gasteiger partial charge in [-0.05, 0) is 42.9 Å². The fraction of sp³-hybridized carbons (Fsp3) is 0.316. The summed E-state index contributed by atoms with van der Waals surface area (Å²) in [6.07, 6.45) is 3.19. The van der Waals surface area contributed by atoms with Crippen LogP contribution in [0.1, 0.15) is 41.1 Å². The minimum Gasteiger partial charge on any atom is -0.326 e. The molecule has 0 aromatic heterocycles. The molecule has 1 atom stereocenters. The molecule has 3 rings (SSSR count). The first-order chi connectivity index (χ1) is 10.6. The Balaban J connectivity index is 1.81. The predicted octanol–water partition coefficient (Wildman–Crippen LogP) is 3.51. The highest BCUT2D eigenvalue weighted by Crippen LogP contribution is 2.33. The molecule has 1 heterocycles. The van der Waals surface area contributed by atoms with Crippen molar-refractivity contribution in [2.75, 3.05) is 5.32 Å². The van der Waals surface area contributed by atoms with Crippen molar-refractivity contribution in [2.45, 2.75) is 38.6 Å². The van der Waals surface area contributed by atoms with Gasteiger partial charge in [0.25, 0.3) is 0 Å². The highest BCUT2D eigenvalue weighted by atomic mass is 16.1. The van der Waals surface area contributed by atoms with E-state index in [1.807, 2.05) is 6.07 Å². The Labute approximate surface area is 131 Å². The van der Waals surface area contributed by atoms with E-state index in [4.69, 9.17) is 5.73 Å². The molecule has 3 nitrogen and oxygen atoms in total. The molecule has 2 aromatic carbocycles. The van der Waals surface area contributed by atoms with Crippen molar-refractivity contribution in [1.29, 1.82) is 0 Å². The number of hydrogen-bond acceptors (Lipinski definition) is 2. The molecule has 0 radical (unpaired) electrons. The van der Waals surface area contributed by atoms with Crippen LogP contribution < -0.4 is 11.1 Å². The lowest BCUT2D eigenvalue weighted by Crippen LogP contribution is -2.23. The third-order valence-electron chi connectivity index (χ3n) is 4.27. The van der Waals surface area contributed by atoms with Crippen molar-refractivity contribution < 1.29 is 4.79 Å². The van der Waals surface area contributed by atoms with Gasteiger partial charge < -0.3 is 11.1 Å². The van der Waals surface area contributed by atoms with Gasteiger partial charge in [-0.1, -0.05) is 48.0 Å². The molecule has 0 aliphatic carbocycles. The number of aryl methyl sites for hydroxylation is 3. The Kier molecular flexibility index (Phi) is 4.25. The first-order valence-corrected chi connectivity index (χ1v) is 7.86. The molecule has 2 aromatic rings. The maximum atomic E-state index is 11.7. The summed E-state index contributed by atoms with van der Waals surface area (Å²) in [4.78, 5) is 11.7. The van der Waals surface area contributed by atoms with Crippen molar-refractivity contribution in [1.82, 2.24) is 0 Å². The Bertz CT molecular complexity index is 679. The van der Waals surface area contributed by atoms with Crippen LogP contribution in [-0.2, 0) is 17.6 Å². The van der Waals surface area contributed by atoms with Gasteiger partial charge in [0.05, 0.1) is 0 Å². The lowest BCUT2D eigenvalue weighted by molar-refractivity contribution is -0.116. The summed E-state index contributed by atoms with van der Waals surface area (Å²) in [5, 5.41) is 3.02. The topological polar surface area (TPSA) is 55.1 Å². The lowest BCUT2D eigenvalue weighted by Gasteiger charge is -2.24. The van der Waals surface area contributed by atoms with Gasteiger partial charge in [0.15, 0.2) is 0 Å². The van der Waals surface area contributed by atoms with E-state index in [1.54, 1.807) is 0 Å². The molecule has 3 heteroatoms. The molecule has 0 spiro atoms. The van der Waals surface area contributed by atoms with E-state index in [0.29, 0.717) is 6.42 Å². The van der Waals surface area contributed by atoms with E-state index in [2.05, 4.69) is 48.6 Å². The Morgan fingerprint density at radius 3 is 2.73 bits per heavy atom. The summed E-state index contributed by atoms with van der Waals surface area (Å²) < 4.78 is 0. The van der Waals surface area contributed by atoms with Crippen molar-refractivity contribution in [3.63, 3.8) is 0 Å². The Hall–Kier alpha value is -2.13. The van der Waals surface area contributed by atoms with E-state index >= 15 is 0 Å². The number of nitrogens with one attached hydrogen (secondary N) is 1. The first kappa shape index (κ1) is 14.8. The molecule has 1 aliphatic rings. The summed E-state index contributed by atoms with van der Waals surface area (Å²) in [6, 6.07) is 14.6. The predicted molar refractivity (Wildman–Crippen MR) is 89.8 cm³/mol. The van der Waals surface area contributed by atoms with E-state index in [0.717, 1.165) is 30.5 Å². The van der Waals surface area contributed by atoms with Crippen LogP contribution in [0.3, 0.4) is 0 Å². The van der Waals surface area contributed by atoms with Gasteiger partial charge in [-0.15, -0.1) is 0 Å². The fourth-order valence-electron chi connectivity index (χ4n) is 3.11. The van der Waals surface area contributed by atoms with Crippen LogP contribution in [0, 0.1) is 6.92 Å². The highest BCUT2D eigenvalue weighted by Gasteiger charge is 2.21. The monoisotopic (exact) mass is 294 g/mol. The number of hydrogen-bond donors (Lipinski definition) is 2.